The summed E-state index contributed by atoms with van der Waals surface area (Å²) in [6.07, 6.45) is 0. The van der Waals surface area contributed by atoms with Crippen LogP contribution in [-0.2, 0) is 11.3 Å². The largest absolute Gasteiger partial charge is 0.484 e. The van der Waals surface area contributed by atoms with Gasteiger partial charge in [0.2, 0.25) is 0 Å². The van der Waals surface area contributed by atoms with Gasteiger partial charge in [0.15, 0.2) is 5.75 Å². The molecule has 0 atom stereocenters. The van der Waals surface area contributed by atoms with E-state index >= 15 is 0 Å². The van der Waals surface area contributed by atoms with Crippen molar-refractivity contribution in [3.8, 4) is 5.75 Å². The van der Waals surface area contributed by atoms with Gasteiger partial charge in [0, 0.05) is 19.7 Å². The van der Waals surface area contributed by atoms with Gasteiger partial charge in [-0.1, -0.05) is 6.07 Å². The summed E-state index contributed by atoms with van der Waals surface area (Å²) in [5.41, 5.74) is 6.04. The average Bonchev–Trinajstić information content (AvgIpc) is 2.29. The molecular formula is C10H14N2O4. The van der Waals surface area contributed by atoms with Crippen LogP contribution in [0.25, 0.3) is 0 Å². The van der Waals surface area contributed by atoms with Gasteiger partial charge in [-0.25, -0.2) is 0 Å². The van der Waals surface area contributed by atoms with E-state index in [-0.39, 0.29) is 24.6 Å². The Hall–Kier alpha value is -1.66. The predicted octanol–water partition coefficient (Wildman–Crippen LogP) is 1.08. The van der Waals surface area contributed by atoms with Gasteiger partial charge in [0.25, 0.3) is 0 Å². The fourth-order valence-electron chi connectivity index (χ4n) is 1.19. The fraction of sp³-hybridized carbons (Fsp3) is 0.400. The Morgan fingerprint density at radius 3 is 2.75 bits per heavy atom. The lowest BCUT2D eigenvalue weighted by Crippen LogP contribution is -2.06. The molecule has 2 N–H and O–H groups in total. The number of benzene rings is 1. The molecule has 6 nitrogen and oxygen atoms in total. The molecule has 0 unspecified atom stereocenters. The number of methoxy groups -OCH3 is 1. The summed E-state index contributed by atoms with van der Waals surface area (Å²) < 4.78 is 10.0. The monoisotopic (exact) mass is 226 g/mol. The molecular weight excluding hydrogens is 212 g/mol. The topological polar surface area (TPSA) is 87.6 Å². The summed E-state index contributed by atoms with van der Waals surface area (Å²) in [5.74, 6) is 0.235. The lowest BCUT2D eigenvalue weighted by atomic mass is 10.2. The summed E-state index contributed by atoms with van der Waals surface area (Å²) in [6.45, 7) is 0.925. The van der Waals surface area contributed by atoms with Crippen LogP contribution in [-0.4, -0.2) is 25.2 Å². The van der Waals surface area contributed by atoms with E-state index in [0.29, 0.717) is 12.2 Å². The molecule has 0 saturated carbocycles. The van der Waals surface area contributed by atoms with Crippen LogP contribution in [0.1, 0.15) is 5.56 Å². The van der Waals surface area contributed by atoms with Crippen molar-refractivity contribution < 1.29 is 14.4 Å². The Bertz CT molecular complexity index is 368. The summed E-state index contributed by atoms with van der Waals surface area (Å²) >= 11 is 0. The van der Waals surface area contributed by atoms with E-state index in [0.717, 1.165) is 0 Å². The highest BCUT2D eigenvalue weighted by molar-refractivity contribution is 5.48. The molecule has 0 heterocycles. The highest BCUT2D eigenvalue weighted by Crippen LogP contribution is 2.27. The number of nitrogens with zero attached hydrogens (tertiary/aromatic N) is 1. The number of nitrogens with two attached hydrogens (primary N) is 1. The van der Waals surface area contributed by atoms with Crippen molar-refractivity contribution in [1.29, 1.82) is 0 Å². The van der Waals surface area contributed by atoms with E-state index in [1.165, 1.54) is 13.2 Å². The molecule has 0 aliphatic heterocycles. The minimum atomic E-state index is -0.485. The number of nitro groups is 1. The SMILES string of the molecule is COCCOc1ccc(CN)cc1[N+](=O)[O-]. The molecule has 0 fully saturated rings. The van der Waals surface area contributed by atoms with Gasteiger partial charge >= 0.3 is 5.69 Å². The third-order valence-corrected chi connectivity index (χ3v) is 2.00. The van der Waals surface area contributed by atoms with Gasteiger partial charge in [0.1, 0.15) is 6.61 Å². The summed E-state index contributed by atoms with van der Waals surface area (Å²) in [4.78, 5) is 10.3. The molecule has 0 aliphatic carbocycles. The second-order valence-corrected chi connectivity index (χ2v) is 3.10. The highest BCUT2D eigenvalue weighted by atomic mass is 16.6. The maximum absolute atomic E-state index is 10.8. The Morgan fingerprint density at radius 2 is 2.19 bits per heavy atom. The maximum atomic E-state index is 10.8. The van der Waals surface area contributed by atoms with Crippen molar-refractivity contribution in [3.05, 3.63) is 33.9 Å². The van der Waals surface area contributed by atoms with Gasteiger partial charge < -0.3 is 15.2 Å². The van der Waals surface area contributed by atoms with E-state index in [9.17, 15) is 10.1 Å². The first kappa shape index (κ1) is 12.4. The number of ether oxygens (including phenoxy) is 2. The summed E-state index contributed by atoms with van der Waals surface area (Å²) in [5, 5.41) is 10.8. The standard InChI is InChI=1S/C10H14N2O4/c1-15-4-5-16-10-3-2-8(7-11)6-9(10)12(13)14/h2-3,6H,4-5,7,11H2,1H3. The molecule has 88 valence electrons. The molecule has 0 aliphatic rings. The zero-order chi connectivity index (χ0) is 12.0. The first-order valence-electron chi connectivity index (χ1n) is 4.78. The van der Waals surface area contributed by atoms with E-state index < -0.39 is 4.92 Å². The van der Waals surface area contributed by atoms with Crippen LogP contribution in [0.2, 0.25) is 0 Å². The molecule has 6 heteroatoms. The van der Waals surface area contributed by atoms with Crippen molar-refractivity contribution in [2.24, 2.45) is 5.73 Å². The number of nitro benzene ring substituents is 1. The van der Waals surface area contributed by atoms with Crippen LogP contribution in [0.3, 0.4) is 0 Å². The lowest BCUT2D eigenvalue weighted by Gasteiger charge is -2.07. The van der Waals surface area contributed by atoms with Gasteiger partial charge in [-0.3, -0.25) is 10.1 Å². The zero-order valence-electron chi connectivity index (χ0n) is 9.01. The Balaban J connectivity index is 2.85. The van der Waals surface area contributed by atoms with Crippen LogP contribution in [0.4, 0.5) is 5.69 Å². The van der Waals surface area contributed by atoms with Crippen LogP contribution >= 0.6 is 0 Å². The first-order chi connectivity index (χ1) is 7.69. The van der Waals surface area contributed by atoms with Gasteiger partial charge in [-0.15, -0.1) is 0 Å². The van der Waals surface area contributed by atoms with Crippen molar-refractivity contribution >= 4 is 5.69 Å². The van der Waals surface area contributed by atoms with E-state index in [4.69, 9.17) is 15.2 Å². The maximum Gasteiger partial charge on any atom is 0.311 e. The van der Waals surface area contributed by atoms with E-state index in [2.05, 4.69) is 0 Å². The van der Waals surface area contributed by atoms with Crippen molar-refractivity contribution in [3.63, 3.8) is 0 Å². The third kappa shape index (κ3) is 3.18. The quantitative estimate of drug-likeness (QED) is 0.445. The minimum absolute atomic E-state index is 0.0703. The zero-order valence-corrected chi connectivity index (χ0v) is 9.01. The molecule has 16 heavy (non-hydrogen) atoms. The number of hydrogen-bond acceptors (Lipinski definition) is 5. The highest BCUT2D eigenvalue weighted by Gasteiger charge is 2.15. The van der Waals surface area contributed by atoms with E-state index in [1.807, 2.05) is 0 Å². The molecule has 0 bridgehead atoms. The van der Waals surface area contributed by atoms with Crippen LogP contribution < -0.4 is 10.5 Å². The van der Waals surface area contributed by atoms with Gasteiger partial charge in [-0.2, -0.15) is 0 Å². The minimum Gasteiger partial charge on any atom is -0.484 e. The van der Waals surface area contributed by atoms with Crippen LogP contribution in [0.5, 0.6) is 5.75 Å². The molecule has 0 radical (unpaired) electrons. The molecule has 0 spiro atoms. The smallest absolute Gasteiger partial charge is 0.311 e. The fourth-order valence-corrected chi connectivity index (χ4v) is 1.19. The summed E-state index contributed by atoms with van der Waals surface area (Å²) in [6, 6.07) is 4.67. The molecule has 0 aromatic heterocycles. The van der Waals surface area contributed by atoms with Gasteiger partial charge in [-0.05, 0) is 11.6 Å². The van der Waals surface area contributed by atoms with Crippen molar-refractivity contribution in [2.45, 2.75) is 6.54 Å². The molecule has 1 aromatic carbocycles. The molecule has 0 amide bonds. The molecule has 1 rings (SSSR count). The average molecular weight is 226 g/mol. The summed E-state index contributed by atoms with van der Waals surface area (Å²) in [7, 11) is 1.54. The normalized spacial score (nSPS) is 10.1. The Labute approximate surface area is 93.1 Å². The van der Waals surface area contributed by atoms with Crippen molar-refractivity contribution in [2.75, 3.05) is 20.3 Å². The third-order valence-electron chi connectivity index (χ3n) is 2.00. The lowest BCUT2D eigenvalue weighted by molar-refractivity contribution is -0.385. The Kier molecular flexibility index (Phi) is 4.68. The number of rotatable bonds is 6. The second-order valence-electron chi connectivity index (χ2n) is 3.10. The van der Waals surface area contributed by atoms with E-state index in [1.54, 1.807) is 12.1 Å². The van der Waals surface area contributed by atoms with Crippen LogP contribution in [0.15, 0.2) is 18.2 Å². The van der Waals surface area contributed by atoms with Crippen molar-refractivity contribution in [1.82, 2.24) is 0 Å². The molecule has 0 saturated heterocycles. The number of hydrogen-bond donors (Lipinski definition) is 1. The predicted molar refractivity (Wildman–Crippen MR) is 58.4 cm³/mol. The second kappa shape index (κ2) is 6.04. The molecule has 1 aromatic rings. The Morgan fingerprint density at radius 1 is 1.44 bits per heavy atom. The van der Waals surface area contributed by atoms with Crippen LogP contribution in [0, 0.1) is 10.1 Å². The van der Waals surface area contributed by atoms with Gasteiger partial charge in [0.05, 0.1) is 11.5 Å². The first-order valence-corrected chi connectivity index (χ1v) is 4.78.